The molecule has 3 N–H and O–H groups in total. The number of hydrogen-bond donors (Lipinski definition) is 2. The fourth-order valence-corrected chi connectivity index (χ4v) is 2.46. The summed E-state index contributed by atoms with van der Waals surface area (Å²) in [6, 6.07) is 6.55. The zero-order chi connectivity index (χ0) is 13.1. The quantitative estimate of drug-likeness (QED) is 0.633. The van der Waals surface area contributed by atoms with E-state index in [0.717, 1.165) is 37.3 Å². The molecular weight excluding hydrogens is 226 g/mol. The van der Waals surface area contributed by atoms with Gasteiger partial charge in [-0.1, -0.05) is 6.92 Å². The minimum atomic E-state index is 0.132. The van der Waals surface area contributed by atoms with Gasteiger partial charge in [0.25, 0.3) is 0 Å². The molecule has 98 valence electrons. The number of nitrogen functional groups attached to an aromatic ring is 1. The number of morpholine rings is 1. The van der Waals surface area contributed by atoms with Crippen LogP contribution in [-0.2, 0) is 4.74 Å². The third-order valence-corrected chi connectivity index (χ3v) is 3.53. The molecule has 1 fully saturated rings. The summed E-state index contributed by atoms with van der Waals surface area (Å²) in [7, 11) is 0. The number of ether oxygens (including phenoxy) is 1. The summed E-state index contributed by atoms with van der Waals surface area (Å²) in [5, 5.41) is 7.51. The average Bonchev–Trinajstić information content (AvgIpc) is 2.38. The van der Waals surface area contributed by atoms with Crippen LogP contribution in [0.5, 0.6) is 0 Å². The SMILES string of the molecule is CCC1COCCN1c1ccc(C(=N)N)c(C)c1. The molecule has 1 heterocycles. The van der Waals surface area contributed by atoms with Crippen molar-refractivity contribution in [2.24, 2.45) is 5.73 Å². The molecule has 1 saturated heterocycles. The number of benzene rings is 1. The second kappa shape index (κ2) is 5.40. The number of aryl methyl sites for hydroxylation is 1. The summed E-state index contributed by atoms with van der Waals surface area (Å²) < 4.78 is 5.52. The Balaban J connectivity index is 2.27. The Morgan fingerprint density at radius 2 is 2.33 bits per heavy atom. The van der Waals surface area contributed by atoms with Crippen LogP contribution < -0.4 is 10.6 Å². The summed E-state index contributed by atoms with van der Waals surface area (Å²) >= 11 is 0. The molecule has 1 unspecified atom stereocenters. The van der Waals surface area contributed by atoms with E-state index in [2.05, 4.69) is 24.0 Å². The van der Waals surface area contributed by atoms with Crippen LogP contribution in [-0.4, -0.2) is 31.6 Å². The minimum Gasteiger partial charge on any atom is -0.384 e. The van der Waals surface area contributed by atoms with Gasteiger partial charge in [0, 0.05) is 17.8 Å². The third kappa shape index (κ3) is 2.48. The van der Waals surface area contributed by atoms with E-state index in [4.69, 9.17) is 15.9 Å². The molecule has 0 bridgehead atoms. The lowest BCUT2D eigenvalue weighted by Gasteiger charge is -2.37. The van der Waals surface area contributed by atoms with Crippen LogP contribution in [0.25, 0.3) is 0 Å². The van der Waals surface area contributed by atoms with Crippen LogP contribution in [0.4, 0.5) is 5.69 Å². The maximum Gasteiger partial charge on any atom is 0.123 e. The van der Waals surface area contributed by atoms with Gasteiger partial charge in [0.05, 0.1) is 19.3 Å². The minimum absolute atomic E-state index is 0.132. The maximum absolute atomic E-state index is 7.51. The average molecular weight is 247 g/mol. The predicted molar refractivity (Wildman–Crippen MR) is 74.4 cm³/mol. The van der Waals surface area contributed by atoms with E-state index in [1.807, 2.05) is 13.0 Å². The summed E-state index contributed by atoms with van der Waals surface area (Å²) in [6.45, 7) is 6.69. The molecule has 0 aromatic heterocycles. The highest BCUT2D eigenvalue weighted by Crippen LogP contribution is 2.24. The first-order chi connectivity index (χ1) is 8.63. The molecule has 18 heavy (non-hydrogen) atoms. The normalized spacial score (nSPS) is 19.9. The van der Waals surface area contributed by atoms with Gasteiger partial charge in [-0.3, -0.25) is 5.41 Å². The molecule has 0 amide bonds. The summed E-state index contributed by atoms with van der Waals surface area (Å²) in [5.74, 6) is 0.132. The van der Waals surface area contributed by atoms with Crippen LogP contribution in [0.3, 0.4) is 0 Å². The highest BCUT2D eigenvalue weighted by Gasteiger charge is 2.21. The Morgan fingerprint density at radius 3 is 2.94 bits per heavy atom. The summed E-state index contributed by atoms with van der Waals surface area (Å²) in [5.41, 5.74) is 8.62. The Bertz CT molecular complexity index is 445. The van der Waals surface area contributed by atoms with Gasteiger partial charge in [-0.15, -0.1) is 0 Å². The number of rotatable bonds is 3. The van der Waals surface area contributed by atoms with E-state index in [9.17, 15) is 0 Å². The molecule has 1 aromatic rings. The highest BCUT2D eigenvalue weighted by molar-refractivity contribution is 5.96. The first-order valence-corrected chi connectivity index (χ1v) is 6.43. The fraction of sp³-hybridized carbons (Fsp3) is 0.500. The van der Waals surface area contributed by atoms with E-state index in [1.165, 1.54) is 5.69 Å². The largest absolute Gasteiger partial charge is 0.384 e. The lowest BCUT2D eigenvalue weighted by molar-refractivity contribution is 0.0930. The standard InChI is InChI=1S/C14H21N3O/c1-3-11-9-18-7-6-17(11)12-4-5-13(14(15)16)10(2)8-12/h4-5,8,11H,3,6-7,9H2,1-2H3,(H3,15,16). The molecule has 4 nitrogen and oxygen atoms in total. The number of nitrogens with zero attached hydrogens (tertiary/aromatic N) is 1. The molecule has 0 saturated carbocycles. The molecule has 4 heteroatoms. The molecular formula is C14H21N3O. The van der Waals surface area contributed by atoms with Crippen LogP contribution in [0, 0.1) is 12.3 Å². The zero-order valence-corrected chi connectivity index (χ0v) is 11.1. The lowest BCUT2D eigenvalue weighted by atomic mass is 10.0. The van der Waals surface area contributed by atoms with Gasteiger partial charge in [-0.2, -0.15) is 0 Å². The van der Waals surface area contributed by atoms with Crippen molar-refractivity contribution in [3.63, 3.8) is 0 Å². The maximum atomic E-state index is 7.51. The molecule has 1 aromatic carbocycles. The van der Waals surface area contributed by atoms with E-state index in [-0.39, 0.29) is 5.84 Å². The molecule has 0 spiro atoms. The van der Waals surface area contributed by atoms with E-state index >= 15 is 0 Å². The molecule has 2 rings (SSSR count). The number of amidine groups is 1. The van der Waals surface area contributed by atoms with E-state index in [0.29, 0.717) is 6.04 Å². The monoisotopic (exact) mass is 247 g/mol. The smallest absolute Gasteiger partial charge is 0.123 e. The van der Waals surface area contributed by atoms with Crippen LogP contribution in [0.15, 0.2) is 18.2 Å². The van der Waals surface area contributed by atoms with Gasteiger partial charge in [0.2, 0.25) is 0 Å². The van der Waals surface area contributed by atoms with Crippen molar-refractivity contribution in [2.75, 3.05) is 24.7 Å². The molecule has 0 radical (unpaired) electrons. The van der Waals surface area contributed by atoms with Crippen LogP contribution in [0.1, 0.15) is 24.5 Å². The molecule has 1 atom stereocenters. The number of hydrogen-bond acceptors (Lipinski definition) is 3. The summed E-state index contributed by atoms with van der Waals surface area (Å²) in [4.78, 5) is 2.39. The lowest BCUT2D eigenvalue weighted by Crippen LogP contribution is -2.45. The summed E-state index contributed by atoms with van der Waals surface area (Å²) in [6.07, 6.45) is 1.08. The third-order valence-electron chi connectivity index (χ3n) is 3.53. The first-order valence-electron chi connectivity index (χ1n) is 6.43. The Morgan fingerprint density at radius 1 is 1.56 bits per heavy atom. The predicted octanol–water partition coefficient (Wildman–Crippen LogP) is 1.89. The van der Waals surface area contributed by atoms with E-state index < -0.39 is 0 Å². The Hall–Kier alpha value is -1.55. The molecule has 1 aliphatic rings. The van der Waals surface area contributed by atoms with Crippen molar-refractivity contribution in [1.29, 1.82) is 5.41 Å². The molecule has 0 aliphatic carbocycles. The van der Waals surface area contributed by atoms with Crippen molar-refractivity contribution < 1.29 is 4.74 Å². The second-order valence-corrected chi connectivity index (χ2v) is 4.74. The van der Waals surface area contributed by atoms with Crippen LogP contribution in [0.2, 0.25) is 0 Å². The highest BCUT2D eigenvalue weighted by atomic mass is 16.5. The van der Waals surface area contributed by atoms with Crippen LogP contribution >= 0.6 is 0 Å². The number of nitrogens with two attached hydrogens (primary N) is 1. The number of anilines is 1. The zero-order valence-electron chi connectivity index (χ0n) is 11.1. The van der Waals surface area contributed by atoms with E-state index in [1.54, 1.807) is 0 Å². The van der Waals surface area contributed by atoms with Crippen molar-refractivity contribution >= 4 is 11.5 Å². The fourth-order valence-electron chi connectivity index (χ4n) is 2.46. The topological polar surface area (TPSA) is 62.3 Å². The van der Waals surface area contributed by atoms with Gasteiger partial charge in [-0.25, -0.2) is 0 Å². The van der Waals surface area contributed by atoms with Crippen molar-refractivity contribution in [1.82, 2.24) is 0 Å². The van der Waals surface area contributed by atoms with Gasteiger partial charge in [0.1, 0.15) is 5.84 Å². The first kappa shape index (κ1) is 12.9. The van der Waals surface area contributed by atoms with Gasteiger partial charge < -0.3 is 15.4 Å². The second-order valence-electron chi connectivity index (χ2n) is 4.74. The Kier molecular flexibility index (Phi) is 3.87. The van der Waals surface area contributed by atoms with Gasteiger partial charge >= 0.3 is 0 Å². The van der Waals surface area contributed by atoms with Crippen molar-refractivity contribution in [3.05, 3.63) is 29.3 Å². The number of nitrogens with one attached hydrogen (secondary N) is 1. The molecule has 1 aliphatic heterocycles. The Labute approximate surface area is 108 Å². The van der Waals surface area contributed by atoms with Crippen molar-refractivity contribution in [3.8, 4) is 0 Å². The van der Waals surface area contributed by atoms with Crippen molar-refractivity contribution in [2.45, 2.75) is 26.3 Å². The van der Waals surface area contributed by atoms with Gasteiger partial charge in [-0.05, 0) is 37.1 Å². The van der Waals surface area contributed by atoms with Gasteiger partial charge in [0.15, 0.2) is 0 Å².